The normalized spacial score (nSPS) is 14.3. The van der Waals surface area contributed by atoms with Crippen LogP contribution in [0.3, 0.4) is 0 Å². The summed E-state index contributed by atoms with van der Waals surface area (Å²) in [6, 6.07) is 38.8. The molecule has 1 atom stereocenters. The van der Waals surface area contributed by atoms with Crippen molar-refractivity contribution in [3.63, 3.8) is 0 Å². The average molecular weight is 508 g/mol. The number of esters is 1. The van der Waals surface area contributed by atoms with Gasteiger partial charge in [-0.05, 0) is 41.0 Å². The van der Waals surface area contributed by atoms with Crippen molar-refractivity contribution >= 4 is 28.5 Å². The number of ether oxygens (including phenoxy) is 1. The smallest absolute Gasteiger partial charge is 0.338 e. The van der Waals surface area contributed by atoms with Crippen molar-refractivity contribution in [2.24, 2.45) is 0 Å². The molecule has 1 N–H and O–H groups in total. The molecule has 0 aliphatic heterocycles. The van der Waals surface area contributed by atoms with Gasteiger partial charge in [-0.3, -0.25) is 0 Å². The number of aromatic amines is 1. The third kappa shape index (κ3) is 3.80. The fourth-order valence-electron chi connectivity index (χ4n) is 5.75. The number of hydrogen-bond donors (Lipinski definition) is 1. The molecule has 0 saturated carbocycles. The minimum atomic E-state index is -0.360. The lowest BCUT2D eigenvalue weighted by molar-refractivity contribution is 0.0603. The first kappa shape index (κ1) is 23.1. The summed E-state index contributed by atoms with van der Waals surface area (Å²) < 4.78 is 11.8. The van der Waals surface area contributed by atoms with Crippen LogP contribution in [0.4, 0.5) is 0 Å². The molecule has 188 valence electrons. The topological polar surface area (TPSA) is 55.2 Å². The highest BCUT2D eigenvalue weighted by molar-refractivity contribution is 6.09. The molecule has 1 unspecified atom stereocenters. The summed E-state index contributed by atoms with van der Waals surface area (Å²) in [4.78, 5) is 16.7. The van der Waals surface area contributed by atoms with Gasteiger partial charge in [0.15, 0.2) is 0 Å². The second-order valence-corrected chi connectivity index (χ2v) is 9.70. The lowest BCUT2D eigenvalue weighted by Crippen LogP contribution is -2.07. The summed E-state index contributed by atoms with van der Waals surface area (Å²) >= 11 is 0. The number of aromatic nitrogens is 1. The zero-order chi connectivity index (χ0) is 26.3. The summed E-state index contributed by atoms with van der Waals surface area (Å²) in [5, 5.41) is 0.866. The van der Waals surface area contributed by atoms with E-state index in [-0.39, 0.29) is 11.9 Å². The molecular weight excluding hydrogens is 482 g/mol. The minimum Gasteiger partial charge on any atom is -0.465 e. The summed E-state index contributed by atoms with van der Waals surface area (Å²) in [6.45, 7) is 0. The van der Waals surface area contributed by atoms with Crippen LogP contribution in [0, 0.1) is 0 Å². The van der Waals surface area contributed by atoms with Crippen LogP contribution in [0.15, 0.2) is 120 Å². The lowest BCUT2D eigenvalue weighted by atomic mass is 9.82. The van der Waals surface area contributed by atoms with E-state index in [2.05, 4.69) is 65.7 Å². The van der Waals surface area contributed by atoms with Gasteiger partial charge in [-0.2, -0.15) is 0 Å². The van der Waals surface area contributed by atoms with Gasteiger partial charge in [-0.1, -0.05) is 97.1 Å². The molecule has 1 aliphatic rings. The Morgan fingerprint density at radius 1 is 0.795 bits per heavy atom. The number of nitrogens with one attached hydrogen (secondary N) is 1. The van der Waals surface area contributed by atoms with Crippen LogP contribution in [0.2, 0.25) is 0 Å². The molecule has 6 aromatic rings. The molecule has 39 heavy (non-hydrogen) atoms. The van der Waals surface area contributed by atoms with Crippen molar-refractivity contribution in [3.8, 4) is 11.3 Å². The van der Waals surface area contributed by atoms with Crippen LogP contribution in [-0.4, -0.2) is 18.1 Å². The molecule has 7 rings (SSSR count). The number of carbonyl (C=O) groups is 1. The minimum absolute atomic E-state index is 0.186. The number of rotatable bonds is 4. The van der Waals surface area contributed by atoms with Gasteiger partial charge < -0.3 is 14.1 Å². The standard InChI is InChI=1S/C35H25NO3/c1-38-35(37)25-18-11-19-28-32(25)33-31(24-16-9-4-10-17-24)27-21-29(23-14-7-3-8-15-23)39-30(27)20-26(34(33)36-28)22-12-5-2-6-13-22/h2-21,31,36H,1H3. The number of benzene rings is 4. The van der Waals surface area contributed by atoms with Crippen LogP contribution in [-0.2, 0) is 4.74 Å². The Kier molecular flexibility index (Phi) is 5.52. The third-order valence-electron chi connectivity index (χ3n) is 7.48. The van der Waals surface area contributed by atoms with Gasteiger partial charge in [-0.15, -0.1) is 0 Å². The molecule has 2 heterocycles. The van der Waals surface area contributed by atoms with Gasteiger partial charge in [0.1, 0.15) is 11.5 Å². The molecule has 0 amide bonds. The third-order valence-corrected chi connectivity index (χ3v) is 7.48. The van der Waals surface area contributed by atoms with Crippen molar-refractivity contribution < 1.29 is 13.9 Å². The van der Waals surface area contributed by atoms with Gasteiger partial charge >= 0.3 is 5.97 Å². The fraction of sp³-hybridized carbons (Fsp3) is 0.0571. The van der Waals surface area contributed by atoms with Crippen LogP contribution in [0.5, 0.6) is 0 Å². The average Bonchev–Trinajstić information content (AvgIpc) is 3.56. The van der Waals surface area contributed by atoms with Crippen molar-refractivity contribution in [1.82, 2.24) is 4.98 Å². The van der Waals surface area contributed by atoms with E-state index in [1.54, 1.807) is 0 Å². The fourth-order valence-corrected chi connectivity index (χ4v) is 5.75. The van der Waals surface area contributed by atoms with Gasteiger partial charge in [0, 0.05) is 33.5 Å². The summed E-state index contributed by atoms with van der Waals surface area (Å²) in [7, 11) is 1.43. The van der Waals surface area contributed by atoms with E-state index in [0.717, 1.165) is 61.5 Å². The van der Waals surface area contributed by atoms with E-state index < -0.39 is 0 Å². The van der Waals surface area contributed by atoms with Gasteiger partial charge in [0.2, 0.25) is 0 Å². The number of methoxy groups -OCH3 is 1. The first-order chi connectivity index (χ1) is 19.2. The van der Waals surface area contributed by atoms with E-state index in [1.165, 1.54) is 7.11 Å². The Morgan fingerprint density at radius 2 is 1.46 bits per heavy atom. The zero-order valence-electron chi connectivity index (χ0n) is 21.3. The maximum atomic E-state index is 13.1. The Balaban J connectivity index is 1.61. The molecule has 0 saturated heterocycles. The van der Waals surface area contributed by atoms with Crippen LogP contribution >= 0.6 is 0 Å². The monoisotopic (exact) mass is 507 g/mol. The van der Waals surface area contributed by atoms with Gasteiger partial charge in [0.05, 0.1) is 18.4 Å². The Morgan fingerprint density at radius 3 is 2.15 bits per heavy atom. The molecule has 2 aromatic heterocycles. The van der Waals surface area contributed by atoms with Crippen molar-refractivity contribution in [1.29, 1.82) is 0 Å². The molecular formula is C35H25NO3. The molecule has 4 aromatic carbocycles. The maximum Gasteiger partial charge on any atom is 0.338 e. The predicted octanol–water partition coefficient (Wildman–Crippen LogP) is 8.30. The Hall–Kier alpha value is -5.09. The summed E-state index contributed by atoms with van der Waals surface area (Å²) in [5.41, 5.74) is 8.67. The zero-order valence-corrected chi connectivity index (χ0v) is 21.3. The second kappa shape index (κ2) is 9.34. The van der Waals surface area contributed by atoms with E-state index in [4.69, 9.17) is 9.15 Å². The highest BCUT2D eigenvalue weighted by atomic mass is 16.5. The van der Waals surface area contributed by atoms with E-state index >= 15 is 0 Å². The number of hydrogen-bond acceptors (Lipinski definition) is 3. The van der Waals surface area contributed by atoms with Gasteiger partial charge in [-0.25, -0.2) is 4.79 Å². The SMILES string of the molecule is COC(=O)c1cccc2[nH]c3c(c12)C(c1ccccc1)c1cc(-c2ccccc2)oc1C=C3c1ccccc1. The second-order valence-electron chi connectivity index (χ2n) is 9.70. The van der Waals surface area contributed by atoms with Gasteiger partial charge in [0.25, 0.3) is 0 Å². The highest BCUT2D eigenvalue weighted by Crippen LogP contribution is 2.48. The summed E-state index contributed by atoms with van der Waals surface area (Å²) in [5.74, 6) is 1.06. The van der Waals surface area contributed by atoms with E-state index in [9.17, 15) is 4.79 Å². The van der Waals surface area contributed by atoms with Crippen molar-refractivity contribution in [2.45, 2.75) is 5.92 Å². The number of carbonyl (C=O) groups excluding carboxylic acids is 1. The number of H-pyrrole nitrogens is 1. The first-order valence-corrected chi connectivity index (χ1v) is 13.0. The highest BCUT2D eigenvalue weighted by Gasteiger charge is 2.34. The molecule has 4 heteroatoms. The van der Waals surface area contributed by atoms with Crippen LogP contribution in [0.25, 0.3) is 33.9 Å². The molecule has 0 bridgehead atoms. The quantitative estimate of drug-likeness (QED) is 0.244. The first-order valence-electron chi connectivity index (χ1n) is 13.0. The number of fused-ring (bicyclic) bond motifs is 4. The molecule has 0 fully saturated rings. The lowest BCUT2D eigenvalue weighted by Gasteiger charge is -2.19. The Labute approximate surface area is 226 Å². The van der Waals surface area contributed by atoms with Crippen molar-refractivity contribution in [3.05, 3.63) is 155 Å². The van der Waals surface area contributed by atoms with E-state index in [0.29, 0.717) is 5.56 Å². The number of furan rings is 1. The van der Waals surface area contributed by atoms with Crippen molar-refractivity contribution in [2.75, 3.05) is 7.11 Å². The molecule has 0 radical (unpaired) electrons. The van der Waals surface area contributed by atoms with Crippen LogP contribution < -0.4 is 0 Å². The van der Waals surface area contributed by atoms with Crippen LogP contribution in [0.1, 0.15) is 50.0 Å². The van der Waals surface area contributed by atoms with E-state index in [1.807, 2.05) is 60.7 Å². The molecule has 4 nitrogen and oxygen atoms in total. The largest absolute Gasteiger partial charge is 0.465 e. The Bertz CT molecular complexity index is 1840. The predicted molar refractivity (Wildman–Crippen MR) is 155 cm³/mol. The maximum absolute atomic E-state index is 13.1. The molecule has 1 aliphatic carbocycles. The molecule has 0 spiro atoms. The summed E-state index contributed by atoms with van der Waals surface area (Å²) in [6.07, 6.45) is 2.13.